The highest BCUT2D eigenvalue weighted by Crippen LogP contribution is 2.39. The molecular formula is C14H28. The van der Waals surface area contributed by atoms with Crippen LogP contribution in [0, 0.1) is 11.8 Å². The maximum Gasteiger partial charge on any atom is -0.0386 e. The van der Waals surface area contributed by atoms with Gasteiger partial charge in [-0.3, -0.25) is 0 Å². The van der Waals surface area contributed by atoms with Gasteiger partial charge in [-0.2, -0.15) is 0 Å². The number of rotatable bonds is 1. The van der Waals surface area contributed by atoms with Crippen LogP contribution >= 0.6 is 0 Å². The van der Waals surface area contributed by atoms with E-state index in [0.29, 0.717) is 0 Å². The van der Waals surface area contributed by atoms with Gasteiger partial charge in [-0.25, -0.2) is 0 Å². The van der Waals surface area contributed by atoms with E-state index < -0.39 is 0 Å². The molecule has 0 atom stereocenters. The summed E-state index contributed by atoms with van der Waals surface area (Å²) in [5.74, 6) is 2.31. The van der Waals surface area contributed by atoms with Gasteiger partial charge in [0, 0.05) is 0 Å². The Morgan fingerprint density at radius 2 is 0.929 bits per heavy atom. The van der Waals surface area contributed by atoms with Crippen LogP contribution in [0.15, 0.2) is 0 Å². The largest absolute Gasteiger partial charge is 0.0654 e. The number of hydrogen-bond acceptors (Lipinski definition) is 0. The normalized spacial score (nSPS) is 31.3. The predicted octanol–water partition coefficient (Wildman–Crippen LogP) is 5.17. The quantitative estimate of drug-likeness (QED) is 0.542. The Kier molecular flexibility index (Phi) is 6.31. The summed E-state index contributed by atoms with van der Waals surface area (Å²) in [7, 11) is 0. The molecule has 2 saturated carbocycles. The van der Waals surface area contributed by atoms with Gasteiger partial charge in [0.05, 0.1) is 0 Å². The van der Waals surface area contributed by atoms with Crippen LogP contribution in [-0.2, 0) is 0 Å². The summed E-state index contributed by atoms with van der Waals surface area (Å²) in [5.41, 5.74) is 0. The molecule has 0 aromatic rings. The van der Waals surface area contributed by atoms with E-state index in [1.54, 1.807) is 25.7 Å². The first-order valence-electron chi connectivity index (χ1n) is 6.88. The Morgan fingerprint density at radius 1 is 0.643 bits per heavy atom. The second kappa shape index (κ2) is 7.31. The molecule has 0 radical (unpaired) electrons. The topological polar surface area (TPSA) is 0 Å². The van der Waals surface area contributed by atoms with Gasteiger partial charge >= 0.3 is 0 Å². The molecule has 84 valence electrons. The van der Waals surface area contributed by atoms with E-state index in [-0.39, 0.29) is 0 Å². The molecular weight excluding hydrogens is 168 g/mol. The average Bonchev–Trinajstić information content (AvgIpc) is 2.30. The summed E-state index contributed by atoms with van der Waals surface area (Å²) < 4.78 is 0. The lowest BCUT2D eigenvalue weighted by molar-refractivity contribution is 0.171. The molecule has 2 rings (SSSR count). The van der Waals surface area contributed by atoms with Crippen molar-refractivity contribution in [3.8, 4) is 0 Å². The van der Waals surface area contributed by atoms with E-state index >= 15 is 0 Å². The number of unbranched alkanes of at least 4 members (excludes halogenated alkanes) is 1. The second-order valence-corrected chi connectivity index (χ2v) is 5.09. The highest BCUT2D eigenvalue weighted by molar-refractivity contribution is 4.78. The van der Waals surface area contributed by atoms with E-state index in [4.69, 9.17) is 0 Å². The lowest BCUT2D eigenvalue weighted by Gasteiger charge is -2.35. The van der Waals surface area contributed by atoms with Gasteiger partial charge in [0.25, 0.3) is 0 Å². The van der Waals surface area contributed by atoms with Crippen molar-refractivity contribution >= 4 is 0 Å². The maximum atomic E-state index is 2.18. The van der Waals surface area contributed by atoms with Crippen molar-refractivity contribution in [2.75, 3.05) is 0 Å². The zero-order chi connectivity index (χ0) is 10.2. The van der Waals surface area contributed by atoms with Gasteiger partial charge in [0.2, 0.25) is 0 Å². The SMILES string of the molecule is C1CCC2CCCCC2C1.CCCC. The van der Waals surface area contributed by atoms with E-state index in [2.05, 4.69) is 13.8 Å². The van der Waals surface area contributed by atoms with E-state index in [1.807, 2.05) is 0 Å². The Labute approximate surface area is 90.5 Å². The first kappa shape index (κ1) is 12.1. The van der Waals surface area contributed by atoms with E-state index in [1.165, 1.54) is 38.5 Å². The molecule has 14 heavy (non-hydrogen) atoms. The van der Waals surface area contributed by atoms with Crippen LogP contribution in [-0.4, -0.2) is 0 Å². The summed E-state index contributed by atoms with van der Waals surface area (Å²) in [6, 6.07) is 0. The molecule has 0 bridgehead atoms. The molecule has 0 heterocycles. The van der Waals surface area contributed by atoms with Gasteiger partial charge < -0.3 is 0 Å². The van der Waals surface area contributed by atoms with Gasteiger partial charge in [-0.15, -0.1) is 0 Å². The van der Waals surface area contributed by atoms with Crippen LogP contribution in [0.25, 0.3) is 0 Å². The molecule has 0 amide bonds. The molecule has 0 N–H and O–H groups in total. The average molecular weight is 196 g/mol. The van der Waals surface area contributed by atoms with Gasteiger partial charge in [0.15, 0.2) is 0 Å². The highest BCUT2D eigenvalue weighted by Gasteiger charge is 2.26. The van der Waals surface area contributed by atoms with Crippen molar-refractivity contribution < 1.29 is 0 Å². The van der Waals surface area contributed by atoms with Crippen molar-refractivity contribution in [3.05, 3.63) is 0 Å². The fourth-order valence-electron chi connectivity index (χ4n) is 2.86. The molecule has 0 unspecified atom stereocenters. The monoisotopic (exact) mass is 196 g/mol. The minimum Gasteiger partial charge on any atom is -0.0654 e. The van der Waals surface area contributed by atoms with Gasteiger partial charge in [-0.1, -0.05) is 78.1 Å². The minimum absolute atomic E-state index is 1.16. The van der Waals surface area contributed by atoms with E-state index in [0.717, 1.165) is 11.8 Å². The Hall–Kier alpha value is 0. The molecule has 2 fully saturated rings. The third kappa shape index (κ3) is 4.02. The van der Waals surface area contributed by atoms with Crippen LogP contribution in [0.2, 0.25) is 0 Å². The van der Waals surface area contributed by atoms with Crippen molar-refractivity contribution in [3.63, 3.8) is 0 Å². The summed E-state index contributed by atoms with van der Waals surface area (Å²) in [4.78, 5) is 0. The predicted molar refractivity (Wildman–Crippen MR) is 64.5 cm³/mol. The van der Waals surface area contributed by atoms with Crippen LogP contribution in [0.4, 0.5) is 0 Å². The van der Waals surface area contributed by atoms with Crippen LogP contribution in [0.5, 0.6) is 0 Å². The Balaban J connectivity index is 0.000000213. The van der Waals surface area contributed by atoms with Crippen molar-refractivity contribution in [2.24, 2.45) is 11.8 Å². The van der Waals surface area contributed by atoms with Crippen molar-refractivity contribution in [1.29, 1.82) is 0 Å². The zero-order valence-electron chi connectivity index (χ0n) is 10.2. The molecule has 0 aromatic carbocycles. The third-order valence-corrected chi connectivity index (χ3v) is 3.97. The molecule has 0 saturated heterocycles. The van der Waals surface area contributed by atoms with Crippen molar-refractivity contribution in [2.45, 2.75) is 78.1 Å². The van der Waals surface area contributed by atoms with Crippen molar-refractivity contribution in [1.82, 2.24) is 0 Å². The summed E-state index contributed by atoms with van der Waals surface area (Å²) in [6.07, 6.45) is 15.0. The lowest BCUT2D eigenvalue weighted by Crippen LogP contribution is -2.22. The molecule has 2 aliphatic rings. The lowest BCUT2D eigenvalue weighted by atomic mass is 9.71. The van der Waals surface area contributed by atoms with Crippen LogP contribution < -0.4 is 0 Å². The third-order valence-electron chi connectivity index (χ3n) is 3.97. The zero-order valence-corrected chi connectivity index (χ0v) is 10.2. The van der Waals surface area contributed by atoms with Gasteiger partial charge in [-0.05, 0) is 11.8 Å². The standard InChI is InChI=1S/C10H18.C4H10/c1-2-6-10-8-4-3-7-9(10)5-1;1-3-4-2/h9-10H,1-8H2;3-4H2,1-2H3. The molecule has 2 aliphatic carbocycles. The second-order valence-electron chi connectivity index (χ2n) is 5.09. The Morgan fingerprint density at radius 3 is 1.14 bits per heavy atom. The molecule has 0 aliphatic heterocycles. The minimum atomic E-state index is 1.16. The summed E-state index contributed by atoms with van der Waals surface area (Å²) >= 11 is 0. The molecule has 0 aromatic heterocycles. The molecule has 0 spiro atoms. The van der Waals surface area contributed by atoms with Crippen LogP contribution in [0.3, 0.4) is 0 Å². The molecule has 0 heteroatoms. The number of fused-ring (bicyclic) bond motifs is 1. The first-order chi connectivity index (χ1) is 6.88. The molecule has 0 nitrogen and oxygen atoms in total. The highest BCUT2D eigenvalue weighted by atomic mass is 14.3. The van der Waals surface area contributed by atoms with Gasteiger partial charge in [0.1, 0.15) is 0 Å². The first-order valence-corrected chi connectivity index (χ1v) is 6.88. The fourth-order valence-corrected chi connectivity index (χ4v) is 2.86. The number of hydrogen-bond donors (Lipinski definition) is 0. The summed E-state index contributed by atoms with van der Waals surface area (Å²) in [6.45, 7) is 4.36. The fraction of sp³-hybridized carbons (Fsp3) is 1.00. The van der Waals surface area contributed by atoms with Crippen LogP contribution in [0.1, 0.15) is 78.1 Å². The van der Waals surface area contributed by atoms with E-state index in [9.17, 15) is 0 Å². The maximum absolute atomic E-state index is 2.18. The Bertz CT molecular complexity index is 100. The summed E-state index contributed by atoms with van der Waals surface area (Å²) in [5, 5.41) is 0. The smallest absolute Gasteiger partial charge is 0.0386 e.